The van der Waals surface area contributed by atoms with Gasteiger partial charge in [-0.1, -0.05) is 47.6 Å². The number of halogens is 3. The molecule has 1 aliphatic heterocycles. The quantitative estimate of drug-likeness (QED) is 0.725. The lowest BCUT2D eigenvalue weighted by Gasteiger charge is -2.29. The number of benzene rings is 2. The highest BCUT2D eigenvalue weighted by Crippen LogP contribution is 2.29. The Hall–Kier alpha value is -2.87. The van der Waals surface area contributed by atoms with Crippen LogP contribution in [-0.2, 0) is 28.8 Å². The van der Waals surface area contributed by atoms with E-state index in [1.54, 1.807) is 11.0 Å². The predicted octanol–water partition coefficient (Wildman–Crippen LogP) is 3.77. The molecule has 2 N–H and O–H groups in total. The van der Waals surface area contributed by atoms with Crippen LogP contribution in [0.5, 0.6) is 0 Å². The minimum absolute atomic E-state index is 0.0436. The summed E-state index contributed by atoms with van der Waals surface area (Å²) >= 11 is 0. The van der Waals surface area contributed by atoms with Gasteiger partial charge in [0.25, 0.3) is 0 Å². The van der Waals surface area contributed by atoms with Gasteiger partial charge in [0.15, 0.2) is 0 Å². The average Bonchev–Trinajstić information content (AvgIpc) is 2.74. The Labute approximate surface area is 173 Å². The van der Waals surface area contributed by atoms with E-state index in [0.29, 0.717) is 37.9 Å². The molecule has 160 valence electrons. The number of oxime groups is 1. The van der Waals surface area contributed by atoms with Crippen molar-refractivity contribution in [2.45, 2.75) is 38.1 Å². The van der Waals surface area contributed by atoms with Crippen molar-refractivity contribution in [3.63, 3.8) is 0 Å². The molecule has 2 aromatic carbocycles. The summed E-state index contributed by atoms with van der Waals surface area (Å²) in [6, 6.07) is 14.0. The minimum atomic E-state index is -4.39. The molecular formula is C22H24F3N3O2. The molecule has 1 saturated heterocycles. The lowest BCUT2D eigenvalue weighted by Crippen LogP contribution is -2.48. The second kappa shape index (κ2) is 9.75. The van der Waals surface area contributed by atoms with Crippen LogP contribution in [0.1, 0.15) is 29.5 Å². The fourth-order valence-corrected chi connectivity index (χ4v) is 3.30. The largest absolute Gasteiger partial charge is 0.416 e. The molecule has 5 nitrogen and oxygen atoms in total. The van der Waals surface area contributed by atoms with Crippen molar-refractivity contribution in [1.82, 2.24) is 4.90 Å². The molecule has 2 aromatic rings. The maximum absolute atomic E-state index is 12.8. The number of nitrogens with two attached hydrogens (primary N) is 1. The third-order valence-electron chi connectivity index (χ3n) is 4.95. The number of piperidine rings is 1. The summed E-state index contributed by atoms with van der Waals surface area (Å²) in [4.78, 5) is 19.5. The van der Waals surface area contributed by atoms with E-state index >= 15 is 0 Å². The van der Waals surface area contributed by atoms with Crippen LogP contribution in [-0.4, -0.2) is 35.7 Å². The summed E-state index contributed by atoms with van der Waals surface area (Å²) in [6.07, 6.45) is -2.81. The normalized spacial score (nSPS) is 15.6. The summed E-state index contributed by atoms with van der Waals surface area (Å²) < 4.78 is 38.3. The van der Waals surface area contributed by atoms with Crippen LogP contribution in [0.25, 0.3) is 0 Å². The average molecular weight is 419 g/mol. The first-order chi connectivity index (χ1) is 14.3. The fourth-order valence-electron chi connectivity index (χ4n) is 3.30. The van der Waals surface area contributed by atoms with E-state index in [4.69, 9.17) is 10.6 Å². The van der Waals surface area contributed by atoms with Gasteiger partial charge < -0.3 is 15.5 Å². The Morgan fingerprint density at radius 3 is 2.40 bits per heavy atom. The van der Waals surface area contributed by atoms with Gasteiger partial charge in [-0.3, -0.25) is 4.79 Å². The van der Waals surface area contributed by atoms with E-state index in [2.05, 4.69) is 5.16 Å². The van der Waals surface area contributed by atoms with Gasteiger partial charge in [0.2, 0.25) is 5.91 Å². The van der Waals surface area contributed by atoms with Crippen molar-refractivity contribution < 1.29 is 22.8 Å². The van der Waals surface area contributed by atoms with E-state index in [0.717, 1.165) is 23.4 Å². The van der Waals surface area contributed by atoms with Crippen LogP contribution < -0.4 is 5.73 Å². The first-order valence-corrected chi connectivity index (χ1v) is 9.75. The van der Waals surface area contributed by atoms with Crippen molar-refractivity contribution in [1.29, 1.82) is 0 Å². The van der Waals surface area contributed by atoms with Crippen LogP contribution in [0.3, 0.4) is 0 Å². The van der Waals surface area contributed by atoms with Crippen molar-refractivity contribution in [3.8, 4) is 0 Å². The van der Waals surface area contributed by atoms with Crippen molar-refractivity contribution >= 4 is 11.6 Å². The molecule has 1 aliphatic rings. The van der Waals surface area contributed by atoms with Crippen molar-refractivity contribution in [2.24, 2.45) is 10.9 Å². The van der Waals surface area contributed by atoms with Gasteiger partial charge in [0.05, 0.1) is 17.3 Å². The van der Waals surface area contributed by atoms with Gasteiger partial charge in [-0.2, -0.15) is 13.2 Å². The Kier molecular flexibility index (Phi) is 7.10. The van der Waals surface area contributed by atoms with E-state index < -0.39 is 17.8 Å². The van der Waals surface area contributed by atoms with Gasteiger partial charge in [-0.05, 0) is 29.7 Å². The summed E-state index contributed by atoms with van der Waals surface area (Å²) in [5, 5.41) is 4.04. The zero-order valence-corrected chi connectivity index (χ0v) is 16.4. The van der Waals surface area contributed by atoms with Crippen LogP contribution in [0, 0.1) is 0 Å². The number of hydrogen-bond donors (Lipinski definition) is 1. The molecule has 0 aromatic heterocycles. The predicted molar refractivity (Wildman–Crippen MR) is 108 cm³/mol. The Bertz CT molecular complexity index is 875. The van der Waals surface area contributed by atoms with Crippen molar-refractivity contribution in [2.75, 3.05) is 13.1 Å². The summed E-state index contributed by atoms with van der Waals surface area (Å²) in [6.45, 7) is 0.943. The molecule has 1 fully saturated rings. The standard InChI is InChI=1S/C22H24F3N3O2/c23-22(24,25)18-8-4-7-17(13-18)15-30-27-19-9-11-28(12-10-19)21(29)20(26)14-16-5-2-1-3-6-16/h1-8,13,20H,9-12,14-15,26H2/t20-/m0/s1. The third kappa shape index (κ3) is 6.06. The molecule has 0 spiro atoms. The summed E-state index contributed by atoms with van der Waals surface area (Å²) in [7, 11) is 0. The number of hydrogen-bond acceptors (Lipinski definition) is 4. The first-order valence-electron chi connectivity index (χ1n) is 9.75. The van der Waals surface area contributed by atoms with Crippen LogP contribution in [0.4, 0.5) is 13.2 Å². The first kappa shape index (κ1) is 21.8. The maximum atomic E-state index is 12.8. The Morgan fingerprint density at radius 1 is 1.07 bits per heavy atom. The highest BCUT2D eigenvalue weighted by atomic mass is 19.4. The number of rotatable bonds is 6. The molecule has 1 heterocycles. The Morgan fingerprint density at radius 2 is 1.73 bits per heavy atom. The van der Waals surface area contributed by atoms with Gasteiger partial charge in [0.1, 0.15) is 6.61 Å². The molecule has 0 unspecified atom stereocenters. The molecule has 0 bridgehead atoms. The SMILES string of the molecule is N[C@@H](Cc1ccccc1)C(=O)N1CCC(=NOCc2cccc(C(F)(F)F)c2)CC1. The van der Waals surface area contributed by atoms with E-state index in [-0.39, 0.29) is 12.5 Å². The molecule has 8 heteroatoms. The molecule has 1 atom stereocenters. The summed E-state index contributed by atoms with van der Waals surface area (Å²) in [5.41, 5.74) is 7.55. The Balaban J connectivity index is 1.46. The summed E-state index contributed by atoms with van der Waals surface area (Å²) in [5.74, 6) is -0.0946. The number of amides is 1. The molecule has 0 radical (unpaired) electrons. The molecule has 1 amide bonds. The number of nitrogens with zero attached hydrogens (tertiary/aromatic N) is 2. The van der Waals surface area contributed by atoms with Crippen LogP contribution in [0.15, 0.2) is 59.8 Å². The molecule has 0 aliphatic carbocycles. The van der Waals surface area contributed by atoms with Gasteiger partial charge in [0, 0.05) is 25.9 Å². The zero-order chi connectivity index (χ0) is 21.6. The number of carbonyl (C=O) groups is 1. The van der Waals surface area contributed by atoms with Crippen molar-refractivity contribution in [3.05, 3.63) is 71.3 Å². The molecule has 30 heavy (non-hydrogen) atoms. The second-order valence-electron chi connectivity index (χ2n) is 7.25. The van der Waals surface area contributed by atoms with Gasteiger partial charge in [-0.25, -0.2) is 0 Å². The highest BCUT2D eigenvalue weighted by molar-refractivity contribution is 5.88. The third-order valence-corrected chi connectivity index (χ3v) is 4.95. The highest BCUT2D eigenvalue weighted by Gasteiger charge is 2.30. The van der Waals surface area contributed by atoms with E-state index in [9.17, 15) is 18.0 Å². The van der Waals surface area contributed by atoms with Gasteiger partial charge >= 0.3 is 6.18 Å². The topological polar surface area (TPSA) is 67.9 Å². The van der Waals surface area contributed by atoms with E-state index in [1.165, 1.54) is 6.07 Å². The molecule has 3 rings (SSSR count). The number of likely N-dealkylation sites (tertiary alicyclic amines) is 1. The van der Waals surface area contributed by atoms with Gasteiger partial charge in [-0.15, -0.1) is 0 Å². The lowest BCUT2D eigenvalue weighted by atomic mass is 10.0. The minimum Gasteiger partial charge on any atom is -0.391 e. The maximum Gasteiger partial charge on any atom is 0.416 e. The zero-order valence-electron chi connectivity index (χ0n) is 16.4. The van der Waals surface area contributed by atoms with E-state index in [1.807, 2.05) is 30.3 Å². The number of alkyl halides is 3. The van der Waals surface area contributed by atoms with Crippen LogP contribution in [0.2, 0.25) is 0 Å². The molecule has 0 saturated carbocycles. The second-order valence-corrected chi connectivity index (χ2v) is 7.25. The smallest absolute Gasteiger partial charge is 0.391 e. The molecular weight excluding hydrogens is 395 g/mol. The number of carbonyl (C=O) groups excluding carboxylic acids is 1. The fraction of sp³-hybridized carbons (Fsp3) is 0.364. The monoisotopic (exact) mass is 419 g/mol. The lowest BCUT2D eigenvalue weighted by molar-refractivity contribution is -0.137. The van der Waals surface area contributed by atoms with Crippen LogP contribution >= 0.6 is 0 Å².